The summed E-state index contributed by atoms with van der Waals surface area (Å²) < 4.78 is 6.38. The summed E-state index contributed by atoms with van der Waals surface area (Å²) in [7, 11) is 0. The van der Waals surface area contributed by atoms with Crippen LogP contribution in [0.3, 0.4) is 0 Å². The molecule has 2 heteroatoms. The number of nitrogens with zero attached hydrogens (tertiary/aromatic N) is 1. The molecule has 4 saturated carbocycles. The van der Waals surface area contributed by atoms with E-state index in [0.717, 1.165) is 62.7 Å². The maximum absolute atomic E-state index is 6.38. The van der Waals surface area contributed by atoms with Crippen molar-refractivity contribution in [1.82, 2.24) is 0 Å². The van der Waals surface area contributed by atoms with Crippen molar-refractivity contribution in [3.8, 4) is 33.4 Å². The van der Waals surface area contributed by atoms with Gasteiger partial charge in [-0.3, -0.25) is 0 Å². The van der Waals surface area contributed by atoms with Crippen LogP contribution in [0.25, 0.3) is 55.3 Å². The van der Waals surface area contributed by atoms with Gasteiger partial charge in [-0.05, 0) is 149 Å². The van der Waals surface area contributed by atoms with Gasteiger partial charge in [0.15, 0.2) is 0 Å². The second-order valence-electron chi connectivity index (χ2n) is 16.6. The second kappa shape index (κ2) is 11.6. The van der Waals surface area contributed by atoms with Crippen molar-refractivity contribution in [3.63, 3.8) is 0 Å². The number of hydrogen-bond acceptors (Lipinski definition) is 2. The normalized spacial score (nSPS) is 23.3. The second-order valence-corrected chi connectivity index (χ2v) is 16.6. The summed E-state index contributed by atoms with van der Waals surface area (Å²) in [5.74, 6) is 3.48. The van der Waals surface area contributed by atoms with Crippen LogP contribution in [-0.4, -0.2) is 0 Å². The Morgan fingerprint density at radius 2 is 0.963 bits per heavy atom. The maximum Gasteiger partial charge on any atom is 0.137 e. The Hall–Kier alpha value is -5.86. The molecule has 0 saturated heterocycles. The molecule has 7 aromatic carbocycles. The first-order valence-corrected chi connectivity index (χ1v) is 19.9. The van der Waals surface area contributed by atoms with Crippen LogP contribution in [0.1, 0.15) is 43.2 Å². The van der Waals surface area contributed by atoms with E-state index in [4.69, 9.17) is 4.42 Å². The number of para-hydroxylation sites is 1. The van der Waals surface area contributed by atoms with Gasteiger partial charge in [0.2, 0.25) is 0 Å². The molecule has 4 bridgehead atoms. The molecule has 1 spiro atoms. The minimum atomic E-state index is 0.208. The number of benzene rings is 7. The zero-order valence-corrected chi connectivity index (χ0v) is 30.3. The zero-order chi connectivity index (χ0) is 35.4. The molecule has 0 amide bonds. The van der Waals surface area contributed by atoms with Crippen molar-refractivity contribution in [3.05, 3.63) is 175 Å². The number of anilines is 3. The SMILES string of the molecule is c1ccc(-c2ccc(N(c3ccc(-c4ccc5c(c4)-c4ccccc4C54C5CC6CC(C5)CC4C6)cc3)c3ccc4c(c3)oc3ccccc34)cc2)cc1. The van der Waals surface area contributed by atoms with Crippen molar-refractivity contribution >= 4 is 39.0 Å². The molecule has 0 atom stereocenters. The highest BCUT2D eigenvalue weighted by Gasteiger charge is 2.61. The monoisotopic (exact) mass is 695 g/mol. The minimum Gasteiger partial charge on any atom is -0.456 e. The van der Waals surface area contributed by atoms with Gasteiger partial charge in [-0.2, -0.15) is 0 Å². The van der Waals surface area contributed by atoms with Gasteiger partial charge in [0.25, 0.3) is 0 Å². The van der Waals surface area contributed by atoms with Crippen LogP contribution in [0.4, 0.5) is 17.1 Å². The largest absolute Gasteiger partial charge is 0.456 e. The summed E-state index contributed by atoms with van der Waals surface area (Å²) in [6.45, 7) is 0. The first kappa shape index (κ1) is 30.6. The molecule has 0 radical (unpaired) electrons. The Balaban J connectivity index is 0.941. The molecule has 0 aliphatic heterocycles. The Labute approximate surface area is 316 Å². The van der Waals surface area contributed by atoms with E-state index in [2.05, 4.69) is 157 Å². The van der Waals surface area contributed by atoms with Crippen molar-refractivity contribution < 1.29 is 4.42 Å². The molecule has 260 valence electrons. The molecule has 8 aromatic rings. The topological polar surface area (TPSA) is 16.4 Å². The van der Waals surface area contributed by atoms with Crippen LogP contribution < -0.4 is 4.90 Å². The lowest BCUT2D eigenvalue weighted by Crippen LogP contribution is -2.55. The molecule has 13 rings (SSSR count). The highest BCUT2D eigenvalue weighted by Crippen LogP contribution is 2.69. The molecule has 1 heterocycles. The lowest BCUT2D eigenvalue weighted by molar-refractivity contribution is -0.0399. The fourth-order valence-electron chi connectivity index (χ4n) is 11.9. The van der Waals surface area contributed by atoms with Gasteiger partial charge in [-0.1, -0.05) is 109 Å². The van der Waals surface area contributed by atoms with E-state index >= 15 is 0 Å². The van der Waals surface area contributed by atoms with Gasteiger partial charge >= 0.3 is 0 Å². The van der Waals surface area contributed by atoms with Crippen LogP contribution in [0.5, 0.6) is 0 Å². The first-order valence-electron chi connectivity index (χ1n) is 19.9. The van der Waals surface area contributed by atoms with E-state index in [0.29, 0.717) is 0 Å². The molecular weight excluding hydrogens is 655 g/mol. The molecule has 2 nitrogen and oxygen atoms in total. The van der Waals surface area contributed by atoms with E-state index in [1.165, 1.54) is 65.5 Å². The maximum atomic E-state index is 6.38. The number of rotatable bonds is 5. The van der Waals surface area contributed by atoms with E-state index < -0.39 is 0 Å². The Kier molecular flexibility index (Phi) is 6.55. The minimum absolute atomic E-state index is 0.208. The van der Waals surface area contributed by atoms with Crippen molar-refractivity contribution in [1.29, 1.82) is 0 Å². The average Bonchev–Trinajstić information content (AvgIpc) is 3.74. The Morgan fingerprint density at radius 3 is 1.70 bits per heavy atom. The van der Waals surface area contributed by atoms with Crippen LogP contribution >= 0.6 is 0 Å². The summed E-state index contributed by atoms with van der Waals surface area (Å²) in [6, 6.07) is 60.5. The average molecular weight is 696 g/mol. The van der Waals surface area contributed by atoms with Crippen LogP contribution in [0.15, 0.2) is 168 Å². The third-order valence-corrected chi connectivity index (χ3v) is 13.9. The van der Waals surface area contributed by atoms with Crippen molar-refractivity contribution in [2.45, 2.75) is 37.5 Å². The summed E-state index contributed by atoms with van der Waals surface area (Å²) >= 11 is 0. The third-order valence-electron chi connectivity index (χ3n) is 13.9. The summed E-state index contributed by atoms with van der Waals surface area (Å²) in [5.41, 5.74) is 16.4. The van der Waals surface area contributed by atoms with Crippen LogP contribution in [0, 0.1) is 23.7 Å². The van der Waals surface area contributed by atoms with Crippen molar-refractivity contribution in [2.75, 3.05) is 4.90 Å². The fraction of sp³-hybridized carbons (Fsp3) is 0.192. The van der Waals surface area contributed by atoms with Crippen LogP contribution in [-0.2, 0) is 5.41 Å². The molecule has 0 N–H and O–H groups in total. The van der Waals surface area contributed by atoms with E-state index in [1.54, 1.807) is 11.1 Å². The van der Waals surface area contributed by atoms with Crippen LogP contribution in [0.2, 0.25) is 0 Å². The number of hydrogen-bond donors (Lipinski definition) is 0. The van der Waals surface area contributed by atoms with Crippen molar-refractivity contribution in [2.24, 2.45) is 23.7 Å². The van der Waals surface area contributed by atoms with Gasteiger partial charge in [-0.15, -0.1) is 0 Å². The predicted molar refractivity (Wildman–Crippen MR) is 223 cm³/mol. The van der Waals surface area contributed by atoms with Gasteiger partial charge < -0.3 is 9.32 Å². The number of furan rings is 1. The molecule has 5 aliphatic carbocycles. The van der Waals surface area contributed by atoms with E-state index in [1.807, 2.05) is 12.1 Å². The lowest BCUT2D eigenvalue weighted by Gasteiger charge is -2.61. The first-order chi connectivity index (χ1) is 26.7. The molecule has 4 fully saturated rings. The Bertz CT molecular complexity index is 2690. The predicted octanol–water partition coefficient (Wildman–Crippen LogP) is 14.1. The lowest BCUT2D eigenvalue weighted by atomic mass is 9.43. The highest BCUT2D eigenvalue weighted by molar-refractivity contribution is 6.06. The summed E-state index contributed by atoms with van der Waals surface area (Å²) in [4.78, 5) is 2.35. The quantitative estimate of drug-likeness (QED) is 0.178. The number of fused-ring (bicyclic) bond motifs is 6. The fourth-order valence-corrected chi connectivity index (χ4v) is 11.9. The standard InChI is InChI=1S/C52H41NO/c1-2-8-35(9-3-1)36-14-19-41(20-15-36)53(43-23-24-46-45-11-5-7-13-50(45)54-51(46)32-43)42-21-16-37(17-22-42)38-18-25-49-47(31-38)44-10-4-6-12-48(44)52(49)39-27-33-26-34(29-39)30-40(52)28-33/h1-25,31-34,39-40H,26-30H2. The molecule has 1 aromatic heterocycles. The van der Waals surface area contributed by atoms with Gasteiger partial charge in [0.1, 0.15) is 11.2 Å². The zero-order valence-electron chi connectivity index (χ0n) is 30.3. The molecule has 5 aliphatic rings. The summed E-state index contributed by atoms with van der Waals surface area (Å²) in [5, 5.41) is 2.28. The molecule has 54 heavy (non-hydrogen) atoms. The smallest absolute Gasteiger partial charge is 0.137 e. The van der Waals surface area contributed by atoms with E-state index in [9.17, 15) is 0 Å². The molecular formula is C52H41NO. The third kappa shape index (κ3) is 4.40. The Morgan fingerprint density at radius 1 is 0.407 bits per heavy atom. The van der Waals surface area contributed by atoms with Gasteiger partial charge in [-0.25, -0.2) is 0 Å². The van der Waals surface area contributed by atoms with Gasteiger partial charge in [0, 0.05) is 39.3 Å². The van der Waals surface area contributed by atoms with E-state index in [-0.39, 0.29) is 5.41 Å². The highest BCUT2D eigenvalue weighted by atomic mass is 16.3. The van der Waals surface area contributed by atoms with Gasteiger partial charge in [0.05, 0.1) is 0 Å². The molecule has 0 unspecified atom stereocenters. The summed E-state index contributed by atoms with van der Waals surface area (Å²) in [6.07, 6.45) is 7.15.